The van der Waals surface area contributed by atoms with Crippen LogP contribution in [0.15, 0.2) is 10.9 Å². The van der Waals surface area contributed by atoms with Crippen LogP contribution in [0.25, 0.3) is 0 Å². The summed E-state index contributed by atoms with van der Waals surface area (Å²) in [5, 5.41) is 2.17. The molecule has 2 rings (SSSR count). The van der Waals surface area contributed by atoms with E-state index in [1.807, 2.05) is 5.51 Å². The first-order valence-corrected chi connectivity index (χ1v) is 5.76. The summed E-state index contributed by atoms with van der Waals surface area (Å²) >= 11 is 5.39. The van der Waals surface area contributed by atoms with Crippen LogP contribution in [0.2, 0.25) is 0 Å². The summed E-state index contributed by atoms with van der Waals surface area (Å²) < 4.78 is 0. The van der Waals surface area contributed by atoms with Crippen molar-refractivity contribution in [3.63, 3.8) is 0 Å². The Labute approximate surface area is 79.0 Å². The SMILES string of the molecule is BrC1CCCC1c1cscn1. The first-order valence-electron chi connectivity index (χ1n) is 3.90. The molecule has 1 aliphatic carbocycles. The molecule has 1 fully saturated rings. The van der Waals surface area contributed by atoms with Gasteiger partial charge in [-0.25, -0.2) is 4.98 Å². The molecule has 0 N–H and O–H groups in total. The zero-order valence-electron chi connectivity index (χ0n) is 6.16. The van der Waals surface area contributed by atoms with Gasteiger partial charge in [0.25, 0.3) is 0 Å². The topological polar surface area (TPSA) is 12.9 Å². The first kappa shape index (κ1) is 7.74. The predicted octanol–water partition coefficient (Wildman–Crippen LogP) is 3.17. The first-order chi connectivity index (χ1) is 5.38. The molecule has 0 radical (unpaired) electrons. The van der Waals surface area contributed by atoms with Gasteiger partial charge in [-0.1, -0.05) is 22.4 Å². The maximum atomic E-state index is 4.34. The van der Waals surface area contributed by atoms with E-state index in [-0.39, 0.29) is 0 Å². The van der Waals surface area contributed by atoms with E-state index in [0.29, 0.717) is 10.7 Å². The molecule has 0 spiro atoms. The molecule has 11 heavy (non-hydrogen) atoms. The van der Waals surface area contributed by atoms with E-state index in [2.05, 4.69) is 26.3 Å². The number of thiazole rings is 1. The lowest BCUT2D eigenvalue weighted by Crippen LogP contribution is -2.03. The van der Waals surface area contributed by atoms with Crippen LogP contribution in [-0.2, 0) is 0 Å². The molecule has 0 saturated heterocycles. The summed E-state index contributed by atoms with van der Waals surface area (Å²) in [6.07, 6.45) is 3.96. The van der Waals surface area contributed by atoms with E-state index in [1.54, 1.807) is 11.3 Å². The second-order valence-electron chi connectivity index (χ2n) is 2.97. The molecular formula is C8H10BrNS. The summed E-state index contributed by atoms with van der Waals surface area (Å²) in [5.74, 6) is 0.682. The van der Waals surface area contributed by atoms with Crippen molar-refractivity contribution < 1.29 is 0 Å². The maximum absolute atomic E-state index is 4.34. The molecule has 1 nitrogen and oxygen atoms in total. The summed E-state index contributed by atoms with van der Waals surface area (Å²) in [4.78, 5) is 5.01. The standard InChI is InChI=1S/C8H10BrNS/c9-7-3-1-2-6(7)8-4-11-5-10-8/h4-7H,1-3H2. The van der Waals surface area contributed by atoms with Gasteiger partial charge in [0.1, 0.15) is 0 Å². The number of halogens is 1. The lowest BCUT2D eigenvalue weighted by molar-refractivity contribution is 0.721. The third-order valence-corrected chi connectivity index (χ3v) is 3.96. The molecule has 2 unspecified atom stereocenters. The normalized spacial score (nSPS) is 31.0. The molecule has 0 amide bonds. The molecule has 2 atom stereocenters. The molecule has 1 saturated carbocycles. The third-order valence-electron chi connectivity index (χ3n) is 2.26. The minimum Gasteiger partial charge on any atom is -0.249 e. The summed E-state index contributed by atoms with van der Waals surface area (Å²) in [7, 11) is 0. The highest BCUT2D eigenvalue weighted by atomic mass is 79.9. The van der Waals surface area contributed by atoms with Crippen LogP contribution in [-0.4, -0.2) is 9.81 Å². The monoisotopic (exact) mass is 231 g/mol. The van der Waals surface area contributed by atoms with E-state index in [4.69, 9.17) is 0 Å². The number of alkyl halides is 1. The average Bonchev–Trinajstić information content (AvgIpc) is 2.55. The molecule has 0 aromatic carbocycles. The van der Waals surface area contributed by atoms with Crippen molar-refractivity contribution in [3.05, 3.63) is 16.6 Å². The van der Waals surface area contributed by atoms with Gasteiger partial charge in [-0.3, -0.25) is 0 Å². The Morgan fingerprint density at radius 3 is 3.00 bits per heavy atom. The van der Waals surface area contributed by atoms with Crippen LogP contribution >= 0.6 is 27.3 Å². The van der Waals surface area contributed by atoms with Crippen molar-refractivity contribution in [2.75, 3.05) is 0 Å². The number of aromatic nitrogens is 1. The molecule has 0 bridgehead atoms. The van der Waals surface area contributed by atoms with Crippen LogP contribution in [0.1, 0.15) is 30.9 Å². The van der Waals surface area contributed by atoms with Crippen molar-refractivity contribution in [1.29, 1.82) is 0 Å². The van der Waals surface area contributed by atoms with Gasteiger partial charge in [0, 0.05) is 16.1 Å². The van der Waals surface area contributed by atoms with Gasteiger partial charge >= 0.3 is 0 Å². The number of hydrogen-bond acceptors (Lipinski definition) is 2. The van der Waals surface area contributed by atoms with Gasteiger partial charge < -0.3 is 0 Å². The number of nitrogens with zero attached hydrogens (tertiary/aromatic N) is 1. The molecule has 0 aliphatic heterocycles. The van der Waals surface area contributed by atoms with Crippen molar-refractivity contribution in [2.45, 2.75) is 30.0 Å². The Morgan fingerprint density at radius 1 is 1.55 bits per heavy atom. The lowest BCUT2D eigenvalue weighted by Gasteiger charge is -2.09. The average molecular weight is 232 g/mol. The van der Waals surface area contributed by atoms with E-state index in [9.17, 15) is 0 Å². The Hall–Kier alpha value is 0.110. The molecule has 1 aliphatic rings. The zero-order valence-corrected chi connectivity index (χ0v) is 8.57. The zero-order chi connectivity index (χ0) is 7.68. The fourth-order valence-corrected chi connectivity index (χ4v) is 3.13. The van der Waals surface area contributed by atoms with E-state index in [0.717, 1.165) is 0 Å². The van der Waals surface area contributed by atoms with E-state index >= 15 is 0 Å². The van der Waals surface area contributed by atoms with Gasteiger partial charge in [-0.05, 0) is 12.8 Å². The van der Waals surface area contributed by atoms with E-state index < -0.39 is 0 Å². The highest BCUT2D eigenvalue weighted by Crippen LogP contribution is 2.38. The van der Waals surface area contributed by atoms with Crippen molar-refractivity contribution in [3.8, 4) is 0 Å². The molecule has 1 aromatic heterocycles. The quantitative estimate of drug-likeness (QED) is 0.677. The number of hydrogen-bond donors (Lipinski definition) is 0. The molecule has 60 valence electrons. The number of rotatable bonds is 1. The second-order valence-corrected chi connectivity index (χ2v) is 4.86. The van der Waals surface area contributed by atoms with Crippen LogP contribution in [0.5, 0.6) is 0 Å². The minimum absolute atomic E-state index is 0.671. The van der Waals surface area contributed by atoms with Gasteiger partial charge in [-0.15, -0.1) is 11.3 Å². The highest BCUT2D eigenvalue weighted by molar-refractivity contribution is 9.09. The Morgan fingerprint density at radius 2 is 2.45 bits per heavy atom. The molecule has 1 heterocycles. The van der Waals surface area contributed by atoms with Crippen LogP contribution in [0.3, 0.4) is 0 Å². The Kier molecular flexibility index (Phi) is 2.28. The van der Waals surface area contributed by atoms with Crippen molar-refractivity contribution in [2.24, 2.45) is 0 Å². The Balaban J connectivity index is 2.16. The molecular weight excluding hydrogens is 222 g/mol. The lowest BCUT2D eigenvalue weighted by atomic mass is 10.1. The fourth-order valence-electron chi connectivity index (χ4n) is 1.65. The molecule has 3 heteroatoms. The summed E-state index contributed by atoms with van der Waals surface area (Å²) in [5.41, 5.74) is 3.21. The van der Waals surface area contributed by atoms with Crippen LogP contribution in [0, 0.1) is 0 Å². The van der Waals surface area contributed by atoms with Crippen LogP contribution in [0.4, 0.5) is 0 Å². The predicted molar refractivity (Wildman–Crippen MR) is 51.4 cm³/mol. The van der Waals surface area contributed by atoms with Gasteiger partial charge in [0.15, 0.2) is 0 Å². The van der Waals surface area contributed by atoms with Gasteiger partial charge in [0.2, 0.25) is 0 Å². The molecule has 1 aromatic rings. The highest BCUT2D eigenvalue weighted by Gasteiger charge is 2.27. The van der Waals surface area contributed by atoms with Gasteiger partial charge in [-0.2, -0.15) is 0 Å². The van der Waals surface area contributed by atoms with E-state index in [1.165, 1.54) is 25.0 Å². The Bertz CT molecular complexity index is 222. The minimum atomic E-state index is 0.671. The second kappa shape index (κ2) is 3.23. The fraction of sp³-hybridized carbons (Fsp3) is 0.625. The maximum Gasteiger partial charge on any atom is 0.0794 e. The van der Waals surface area contributed by atoms with Crippen molar-refractivity contribution in [1.82, 2.24) is 4.98 Å². The van der Waals surface area contributed by atoms with Crippen molar-refractivity contribution >= 4 is 27.3 Å². The third kappa shape index (κ3) is 1.49. The summed E-state index contributed by atoms with van der Waals surface area (Å²) in [6.45, 7) is 0. The van der Waals surface area contributed by atoms with Gasteiger partial charge in [0.05, 0.1) is 11.2 Å². The largest absolute Gasteiger partial charge is 0.249 e. The van der Waals surface area contributed by atoms with Crippen LogP contribution < -0.4 is 0 Å². The summed E-state index contributed by atoms with van der Waals surface area (Å²) in [6, 6.07) is 0. The smallest absolute Gasteiger partial charge is 0.0794 e.